The number of carbonyl (C=O) groups excluding carboxylic acids is 4. The molecule has 254 valence electrons. The van der Waals surface area contributed by atoms with Gasteiger partial charge in [0, 0.05) is 33.5 Å². The lowest BCUT2D eigenvalue weighted by Gasteiger charge is -2.55. The number of aromatic hydroxyl groups is 2. The fourth-order valence-corrected chi connectivity index (χ4v) is 9.45. The Morgan fingerprint density at radius 2 is 1.51 bits per heavy atom. The molecule has 6 atom stereocenters. The van der Waals surface area contributed by atoms with Gasteiger partial charge in [0.15, 0.2) is 11.6 Å². The van der Waals surface area contributed by atoms with Gasteiger partial charge in [-0.1, -0.05) is 88.2 Å². The first kappa shape index (κ1) is 32.6. The number of halogens is 1. The van der Waals surface area contributed by atoms with Crippen molar-refractivity contribution in [2.45, 2.75) is 24.2 Å². The first-order chi connectivity index (χ1) is 24.5. The molecule has 3 aliphatic carbocycles. The van der Waals surface area contributed by atoms with Gasteiger partial charge >= 0.3 is 5.97 Å². The van der Waals surface area contributed by atoms with E-state index in [-0.39, 0.29) is 47.0 Å². The minimum atomic E-state index is -1.49. The maximum atomic E-state index is 15.1. The number of hydrogen-bond acceptors (Lipinski definition) is 7. The molecule has 4 aromatic rings. The quantitative estimate of drug-likeness (QED) is 0.153. The Bertz CT molecular complexity index is 2250. The second-order valence-electron chi connectivity index (χ2n) is 13.5. The summed E-state index contributed by atoms with van der Waals surface area (Å²) in [5.41, 5.74) is 0.729. The van der Waals surface area contributed by atoms with E-state index in [0.717, 1.165) is 17.0 Å². The van der Waals surface area contributed by atoms with Crippen LogP contribution in [0.25, 0.3) is 5.57 Å². The molecule has 0 aromatic heterocycles. The van der Waals surface area contributed by atoms with Crippen molar-refractivity contribution in [1.82, 2.24) is 0 Å². The van der Waals surface area contributed by atoms with Gasteiger partial charge in [0.05, 0.1) is 22.9 Å². The third kappa shape index (κ3) is 4.76. The van der Waals surface area contributed by atoms with E-state index >= 15 is 4.79 Å². The van der Waals surface area contributed by atoms with Crippen molar-refractivity contribution in [2.75, 3.05) is 4.90 Å². The van der Waals surface area contributed by atoms with Gasteiger partial charge in [0.25, 0.3) is 0 Å². The second kappa shape index (κ2) is 12.0. The zero-order chi connectivity index (χ0) is 35.8. The number of fused-ring (bicyclic) bond motifs is 4. The van der Waals surface area contributed by atoms with E-state index < -0.39 is 58.5 Å². The topological polar surface area (TPSA) is 149 Å². The molecule has 0 spiro atoms. The number of carboxylic acid groups (broad SMARTS) is 1. The van der Waals surface area contributed by atoms with Crippen LogP contribution in [0.1, 0.15) is 45.8 Å². The third-order valence-electron chi connectivity index (χ3n) is 11.1. The summed E-state index contributed by atoms with van der Waals surface area (Å²) in [6, 6.07) is 26.6. The highest BCUT2D eigenvalue weighted by molar-refractivity contribution is 9.10. The number of benzene rings is 4. The van der Waals surface area contributed by atoms with Crippen molar-refractivity contribution >= 4 is 56.5 Å². The van der Waals surface area contributed by atoms with Gasteiger partial charge < -0.3 is 15.3 Å². The monoisotopic (exact) mass is 743 g/mol. The van der Waals surface area contributed by atoms with Gasteiger partial charge in [-0.15, -0.1) is 0 Å². The van der Waals surface area contributed by atoms with Crippen LogP contribution in [-0.2, 0) is 24.6 Å². The molecule has 9 nitrogen and oxygen atoms in total. The van der Waals surface area contributed by atoms with Crippen molar-refractivity contribution < 1.29 is 39.3 Å². The molecule has 1 saturated carbocycles. The molecule has 0 bridgehead atoms. The number of Topliss-reactive ketones (excluding diaryl/α,β-unsaturated/α-hetero) is 1. The van der Waals surface area contributed by atoms with Gasteiger partial charge in [0.1, 0.15) is 17.1 Å². The van der Waals surface area contributed by atoms with Crippen LogP contribution >= 0.6 is 15.9 Å². The molecule has 8 rings (SSSR count). The Balaban J connectivity index is 1.34. The number of amides is 2. The number of rotatable bonds is 5. The summed E-state index contributed by atoms with van der Waals surface area (Å²) >= 11 is 3.54. The van der Waals surface area contributed by atoms with Crippen LogP contribution in [0.3, 0.4) is 0 Å². The molecule has 1 saturated heterocycles. The summed E-state index contributed by atoms with van der Waals surface area (Å²) < 4.78 is 0.643. The number of hydrogen-bond donors (Lipinski definition) is 3. The van der Waals surface area contributed by atoms with Gasteiger partial charge in [-0.05, 0) is 66.3 Å². The smallest absolute Gasteiger partial charge is 0.339 e. The van der Waals surface area contributed by atoms with E-state index in [0.29, 0.717) is 26.7 Å². The summed E-state index contributed by atoms with van der Waals surface area (Å²) in [5.74, 6) is -7.89. The number of carboxylic acids is 1. The highest BCUT2D eigenvalue weighted by Crippen LogP contribution is 2.64. The van der Waals surface area contributed by atoms with Crippen molar-refractivity contribution in [3.63, 3.8) is 0 Å². The molecule has 3 N–H and O–H groups in total. The fourth-order valence-electron chi connectivity index (χ4n) is 9.07. The largest absolute Gasteiger partial charge is 0.508 e. The number of nitrogens with zero attached hydrogens (tertiary/aromatic N) is 1. The summed E-state index contributed by atoms with van der Waals surface area (Å²) in [5, 5.41) is 31.4. The van der Waals surface area contributed by atoms with Crippen LogP contribution in [-0.4, -0.2) is 44.7 Å². The lowest BCUT2D eigenvalue weighted by molar-refractivity contribution is -0.135. The highest BCUT2D eigenvalue weighted by Gasteiger charge is 2.66. The van der Waals surface area contributed by atoms with Crippen molar-refractivity contribution in [3.8, 4) is 11.5 Å². The average molecular weight is 745 g/mol. The molecular formula is C41H30BrNO8. The molecule has 2 fully saturated rings. The normalized spacial score (nSPS) is 26.9. The number of ketones is 2. The van der Waals surface area contributed by atoms with Crippen LogP contribution < -0.4 is 4.90 Å². The molecule has 4 aromatic carbocycles. The highest BCUT2D eigenvalue weighted by atomic mass is 79.9. The van der Waals surface area contributed by atoms with Crippen LogP contribution in [0.15, 0.2) is 119 Å². The first-order valence-electron chi connectivity index (χ1n) is 16.6. The van der Waals surface area contributed by atoms with E-state index in [1.165, 1.54) is 18.2 Å². The number of imide groups is 1. The maximum absolute atomic E-state index is 15.1. The Morgan fingerprint density at radius 3 is 2.20 bits per heavy atom. The predicted octanol–water partition coefficient (Wildman–Crippen LogP) is 6.59. The Morgan fingerprint density at radius 1 is 0.804 bits per heavy atom. The van der Waals surface area contributed by atoms with Crippen LogP contribution in [0, 0.1) is 23.7 Å². The number of anilines is 1. The van der Waals surface area contributed by atoms with Crippen LogP contribution in [0.4, 0.5) is 5.69 Å². The Hall–Kier alpha value is -5.61. The number of carbonyl (C=O) groups is 5. The standard InChI is InChI=1S/C41H30BrNO8/c42-23-11-16-32(44)30(17-23)36-25-14-15-27-35(39(49)43(38(27)48)24-12-13-26(40(50)51)33(45)18-24)29(25)19-31-37(47)28(21-7-3-1-4-8-21)20-34(46)41(31,36)22-9-5-2-6-10-22/h1-14,16-18,20,27,29,31,35-36,44-45H,15,19H2,(H,50,51). The van der Waals surface area contributed by atoms with E-state index in [2.05, 4.69) is 15.9 Å². The summed E-state index contributed by atoms with van der Waals surface area (Å²) in [4.78, 5) is 71.1. The molecule has 6 unspecified atom stereocenters. The second-order valence-corrected chi connectivity index (χ2v) is 14.4. The molecule has 0 radical (unpaired) electrons. The Kier molecular flexibility index (Phi) is 7.68. The number of phenolic OH excluding ortho intramolecular Hbond substituents is 1. The van der Waals surface area contributed by atoms with Gasteiger partial charge in [-0.25, -0.2) is 9.69 Å². The Labute approximate surface area is 300 Å². The van der Waals surface area contributed by atoms with E-state index in [1.807, 2.05) is 42.5 Å². The summed E-state index contributed by atoms with van der Waals surface area (Å²) in [6.07, 6.45) is 3.56. The van der Waals surface area contributed by atoms with Crippen molar-refractivity contribution in [3.05, 3.63) is 142 Å². The average Bonchev–Trinajstić information content (AvgIpc) is 3.39. The molecule has 1 aliphatic heterocycles. The van der Waals surface area contributed by atoms with Gasteiger partial charge in [-0.2, -0.15) is 0 Å². The molecule has 2 amide bonds. The zero-order valence-electron chi connectivity index (χ0n) is 26.9. The lowest BCUT2D eigenvalue weighted by atomic mass is 9.44. The maximum Gasteiger partial charge on any atom is 0.339 e. The molecule has 1 heterocycles. The molecular weight excluding hydrogens is 714 g/mol. The lowest BCUT2D eigenvalue weighted by Crippen LogP contribution is -2.58. The predicted molar refractivity (Wildman–Crippen MR) is 190 cm³/mol. The molecule has 10 heteroatoms. The van der Waals surface area contributed by atoms with Crippen molar-refractivity contribution in [2.24, 2.45) is 23.7 Å². The van der Waals surface area contributed by atoms with Crippen LogP contribution in [0.2, 0.25) is 0 Å². The summed E-state index contributed by atoms with van der Waals surface area (Å²) in [7, 11) is 0. The minimum absolute atomic E-state index is 0.0392. The summed E-state index contributed by atoms with van der Waals surface area (Å²) in [6.45, 7) is 0. The van der Waals surface area contributed by atoms with E-state index in [9.17, 15) is 34.5 Å². The number of aromatic carboxylic acids is 1. The minimum Gasteiger partial charge on any atom is -0.508 e. The van der Waals surface area contributed by atoms with Crippen LogP contribution in [0.5, 0.6) is 11.5 Å². The fraction of sp³-hybridized carbons (Fsp3) is 0.195. The third-order valence-corrected chi connectivity index (χ3v) is 11.6. The molecule has 51 heavy (non-hydrogen) atoms. The SMILES string of the molecule is O=C(O)c1ccc(N2C(=O)C3CC=C4C(CC5C(=O)C(c6ccccc6)=CC(=O)C5(c5ccccc5)C4c4cc(Br)ccc4O)C3C2=O)cc1O. The number of allylic oxidation sites excluding steroid dienone is 4. The van der Waals surface area contributed by atoms with E-state index in [1.54, 1.807) is 36.4 Å². The van der Waals surface area contributed by atoms with Gasteiger partial charge in [0.2, 0.25) is 11.8 Å². The number of phenols is 2. The molecule has 4 aliphatic rings. The van der Waals surface area contributed by atoms with Gasteiger partial charge in [-0.3, -0.25) is 19.2 Å². The zero-order valence-corrected chi connectivity index (χ0v) is 28.5. The first-order valence-corrected chi connectivity index (χ1v) is 17.4. The van der Waals surface area contributed by atoms with Crippen molar-refractivity contribution in [1.29, 1.82) is 0 Å². The van der Waals surface area contributed by atoms with E-state index in [4.69, 9.17) is 0 Å².